The first kappa shape index (κ1) is 11.0. The summed E-state index contributed by atoms with van der Waals surface area (Å²) in [6.07, 6.45) is 5.70. The Labute approximate surface area is 88.9 Å². The highest BCUT2D eigenvalue weighted by Crippen LogP contribution is 2.23. The average molecular weight is 200 g/mol. The predicted octanol–water partition coefficient (Wildman–Crippen LogP) is 2.96. The fourth-order valence-electron chi connectivity index (χ4n) is 1.23. The van der Waals surface area contributed by atoms with Crippen LogP contribution in [0, 0.1) is 0 Å². The van der Waals surface area contributed by atoms with E-state index in [-0.39, 0.29) is 11.3 Å². The number of carbonyl (C=O) groups is 1. The number of rotatable bonds is 4. The lowest BCUT2D eigenvalue weighted by atomic mass is 10.0. The maximum Gasteiger partial charge on any atom is 0.153 e. The molecule has 0 aliphatic heterocycles. The number of carbonyl (C=O) groups excluding carboxylic acids is 1. The molecule has 2 heteroatoms. The first-order chi connectivity index (χ1) is 7.22. The van der Waals surface area contributed by atoms with Crippen molar-refractivity contribution in [3.8, 4) is 5.75 Å². The second kappa shape index (κ2) is 4.96. The summed E-state index contributed by atoms with van der Waals surface area (Å²) in [5.41, 5.74) is 1.92. The molecule has 1 aromatic rings. The molecule has 0 saturated carbocycles. The van der Waals surface area contributed by atoms with E-state index in [2.05, 4.69) is 13.2 Å². The summed E-state index contributed by atoms with van der Waals surface area (Å²) in [5.74, 6) is -0.0284. The lowest BCUT2D eigenvalue weighted by Gasteiger charge is -2.03. The van der Waals surface area contributed by atoms with Crippen molar-refractivity contribution in [3.05, 3.63) is 60.7 Å². The van der Waals surface area contributed by atoms with Gasteiger partial charge in [-0.15, -0.1) is 0 Å². The molecule has 2 nitrogen and oxygen atoms in total. The van der Waals surface area contributed by atoms with Gasteiger partial charge in [0.25, 0.3) is 0 Å². The summed E-state index contributed by atoms with van der Waals surface area (Å²) in [7, 11) is 0. The van der Waals surface area contributed by atoms with Gasteiger partial charge in [-0.25, -0.2) is 0 Å². The summed E-state index contributed by atoms with van der Waals surface area (Å²) in [6.45, 7) is 7.25. The molecule has 1 aromatic carbocycles. The Morgan fingerprint density at radius 2 is 2.07 bits per heavy atom. The number of phenolic OH excluding ortho intramolecular Hbond substituents is 1. The maximum absolute atomic E-state index is 10.5. The molecule has 0 amide bonds. The van der Waals surface area contributed by atoms with Crippen molar-refractivity contribution in [1.29, 1.82) is 0 Å². The molecule has 0 bridgehead atoms. The monoisotopic (exact) mass is 200 g/mol. The van der Waals surface area contributed by atoms with Gasteiger partial charge in [0.05, 0.1) is 5.56 Å². The van der Waals surface area contributed by atoms with Crippen LogP contribution >= 0.6 is 0 Å². The van der Waals surface area contributed by atoms with E-state index in [1.807, 2.05) is 0 Å². The van der Waals surface area contributed by atoms with Crippen LogP contribution in [0.4, 0.5) is 0 Å². The number of phenols is 1. The highest BCUT2D eigenvalue weighted by atomic mass is 16.3. The summed E-state index contributed by atoms with van der Waals surface area (Å²) >= 11 is 0. The molecule has 0 radical (unpaired) electrons. The lowest BCUT2D eigenvalue weighted by Crippen LogP contribution is -1.85. The summed E-state index contributed by atoms with van der Waals surface area (Å²) < 4.78 is 0. The second-order valence-electron chi connectivity index (χ2n) is 2.95. The van der Waals surface area contributed by atoms with Crippen molar-refractivity contribution < 1.29 is 9.90 Å². The van der Waals surface area contributed by atoms with Crippen LogP contribution in [0.5, 0.6) is 5.75 Å². The molecule has 0 aliphatic rings. The van der Waals surface area contributed by atoms with E-state index in [9.17, 15) is 9.90 Å². The van der Waals surface area contributed by atoms with Crippen LogP contribution in [0.2, 0.25) is 0 Å². The van der Waals surface area contributed by atoms with Gasteiger partial charge < -0.3 is 5.11 Å². The van der Waals surface area contributed by atoms with Gasteiger partial charge in [0.2, 0.25) is 0 Å². The van der Waals surface area contributed by atoms with Crippen LogP contribution in [0.3, 0.4) is 0 Å². The number of allylic oxidation sites excluding steroid dienone is 4. The molecule has 15 heavy (non-hydrogen) atoms. The third-order valence-electron chi connectivity index (χ3n) is 2.01. The summed E-state index contributed by atoms with van der Waals surface area (Å²) in [6, 6.07) is 4.85. The standard InChI is InChI=1S/C13H12O2/c1-3-5-10(4-2)11-6-7-12(9-14)13(15)8-11/h3-9,15H,1-2H2/b10-5+. The lowest BCUT2D eigenvalue weighted by molar-refractivity contribution is 0.112. The molecular formula is C13H12O2. The zero-order valence-corrected chi connectivity index (χ0v) is 8.31. The smallest absolute Gasteiger partial charge is 0.153 e. The molecule has 0 saturated heterocycles. The molecule has 1 N–H and O–H groups in total. The molecule has 0 heterocycles. The Kier molecular flexibility index (Phi) is 3.63. The number of aromatic hydroxyl groups is 1. The number of hydrogen-bond donors (Lipinski definition) is 1. The molecule has 0 fully saturated rings. The average Bonchev–Trinajstić information content (AvgIpc) is 2.25. The molecule has 0 atom stereocenters. The SMILES string of the molecule is C=C/C=C(\C=C)c1ccc(C=O)c(O)c1. The molecule has 0 aromatic heterocycles. The van der Waals surface area contributed by atoms with E-state index in [0.29, 0.717) is 6.29 Å². The molecule has 0 aliphatic carbocycles. The minimum atomic E-state index is -0.0284. The highest BCUT2D eigenvalue weighted by molar-refractivity contribution is 5.82. The first-order valence-electron chi connectivity index (χ1n) is 4.46. The Bertz CT molecular complexity index is 428. The first-order valence-corrected chi connectivity index (χ1v) is 4.46. The Morgan fingerprint density at radius 3 is 2.53 bits per heavy atom. The summed E-state index contributed by atoms with van der Waals surface area (Å²) in [4.78, 5) is 10.5. The van der Waals surface area contributed by atoms with Crippen molar-refractivity contribution in [2.24, 2.45) is 0 Å². The Balaban J connectivity index is 3.21. The predicted molar refractivity (Wildman–Crippen MR) is 61.9 cm³/mol. The Morgan fingerprint density at radius 1 is 1.33 bits per heavy atom. The van der Waals surface area contributed by atoms with E-state index in [4.69, 9.17) is 0 Å². The number of benzene rings is 1. The van der Waals surface area contributed by atoms with Crippen LogP contribution < -0.4 is 0 Å². The third kappa shape index (κ3) is 2.44. The Hall–Kier alpha value is -2.09. The molecule has 76 valence electrons. The van der Waals surface area contributed by atoms with Crippen molar-refractivity contribution >= 4 is 11.9 Å². The third-order valence-corrected chi connectivity index (χ3v) is 2.01. The molecule has 0 spiro atoms. The van der Waals surface area contributed by atoms with Gasteiger partial charge in [0, 0.05) is 0 Å². The molecular weight excluding hydrogens is 188 g/mol. The van der Waals surface area contributed by atoms with Crippen LogP contribution in [0.15, 0.2) is 49.6 Å². The fourth-order valence-corrected chi connectivity index (χ4v) is 1.23. The van der Waals surface area contributed by atoms with Gasteiger partial charge in [-0.3, -0.25) is 4.79 Å². The van der Waals surface area contributed by atoms with Crippen molar-refractivity contribution in [2.45, 2.75) is 0 Å². The van der Waals surface area contributed by atoms with Gasteiger partial charge in [0.15, 0.2) is 6.29 Å². The van der Waals surface area contributed by atoms with E-state index >= 15 is 0 Å². The quantitative estimate of drug-likeness (QED) is 0.599. The van der Waals surface area contributed by atoms with Crippen LogP contribution in [0.25, 0.3) is 5.57 Å². The van der Waals surface area contributed by atoms with Crippen LogP contribution in [0.1, 0.15) is 15.9 Å². The van der Waals surface area contributed by atoms with Gasteiger partial charge in [0.1, 0.15) is 5.75 Å². The van der Waals surface area contributed by atoms with Crippen LogP contribution in [-0.2, 0) is 0 Å². The number of hydrogen-bond acceptors (Lipinski definition) is 2. The van der Waals surface area contributed by atoms with Gasteiger partial charge in [-0.05, 0) is 23.3 Å². The minimum absolute atomic E-state index is 0.0284. The fraction of sp³-hybridized carbons (Fsp3) is 0. The van der Waals surface area contributed by atoms with Gasteiger partial charge in [-0.2, -0.15) is 0 Å². The van der Waals surface area contributed by atoms with E-state index in [1.54, 1.807) is 30.4 Å². The van der Waals surface area contributed by atoms with E-state index < -0.39 is 0 Å². The topological polar surface area (TPSA) is 37.3 Å². The molecule has 1 rings (SSSR count). The van der Waals surface area contributed by atoms with Crippen molar-refractivity contribution in [3.63, 3.8) is 0 Å². The molecule has 0 unspecified atom stereocenters. The number of aldehydes is 1. The van der Waals surface area contributed by atoms with Crippen molar-refractivity contribution in [2.75, 3.05) is 0 Å². The highest BCUT2D eigenvalue weighted by Gasteiger charge is 2.02. The van der Waals surface area contributed by atoms with Crippen molar-refractivity contribution in [1.82, 2.24) is 0 Å². The normalized spacial score (nSPS) is 10.8. The van der Waals surface area contributed by atoms with E-state index in [1.165, 1.54) is 6.07 Å². The maximum atomic E-state index is 10.5. The zero-order valence-electron chi connectivity index (χ0n) is 8.31. The van der Waals surface area contributed by atoms with Gasteiger partial charge >= 0.3 is 0 Å². The zero-order chi connectivity index (χ0) is 11.3. The van der Waals surface area contributed by atoms with E-state index in [0.717, 1.165) is 11.1 Å². The minimum Gasteiger partial charge on any atom is -0.507 e. The van der Waals surface area contributed by atoms with Gasteiger partial charge in [-0.1, -0.05) is 37.5 Å². The summed E-state index contributed by atoms with van der Waals surface area (Å²) in [5, 5.41) is 9.49. The second-order valence-corrected chi connectivity index (χ2v) is 2.95. The van der Waals surface area contributed by atoms with Crippen LogP contribution in [-0.4, -0.2) is 11.4 Å². The largest absolute Gasteiger partial charge is 0.507 e.